The highest BCUT2D eigenvalue weighted by Crippen LogP contribution is 2.22. The predicted octanol–water partition coefficient (Wildman–Crippen LogP) is 3.72. The lowest BCUT2D eigenvalue weighted by Crippen LogP contribution is -2.34. The van der Waals surface area contributed by atoms with Crippen LogP contribution in [0, 0.1) is 0 Å². The predicted molar refractivity (Wildman–Crippen MR) is 93.1 cm³/mol. The lowest BCUT2D eigenvalue weighted by atomic mass is 10.2. The number of benzene rings is 1. The molecule has 0 aliphatic heterocycles. The van der Waals surface area contributed by atoms with E-state index in [0.717, 1.165) is 30.3 Å². The molecular weight excluding hydrogens is 274 g/mol. The molecule has 1 fully saturated rings. The number of nitrogens with one attached hydrogen (secondary N) is 2. The SMILES string of the molecule is C=Cc1ccc(NC(=O)NCCCN(C)C2CCCC2)cc1. The van der Waals surface area contributed by atoms with Crippen LogP contribution in [0.15, 0.2) is 30.8 Å². The number of hydrogen-bond donors (Lipinski definition) is 2. The third-order valence-electron chi connectivity index (χ3n) is 4.33. The number of nitrogens with zero attached hydrogens (tertiary/aromatic N) is 1. The molecule has 0 saturated heterocycles. The average molecular weight is 301 g/mol. The first-order valence-electron chi connectivity index (χ1n) is 8.16. The first-order valence-corrected chi connectivity index (χ1v) is 8.16. The molecule has 0 atom stereocenters. The van der Waals surface area contributed by atoms with Crippen molar-refractivity contribution in [2.75, 3.05) is 25.5 Å². The second-order valence-corrected chi connectivity index (χ2v) is 5.98. The van der Waals surface area contributed by atoms with Crippen LogP contribution in [0.2, 0.25) is 0 Å². The fraction of sp³-hybridized carbons (Fsp3) is 0.500. The van der Waals surface area contributed by atoms with E-state index >= 15 is 0 Å². The van der Waals surface area contributed by atoms with Gasteiger partial charge >= 0.3 is 6.03 Å². The van der Waals surface area contributed by atoms with E-state index in [0.29, 0.717) is 6.54 Å². The van der Waals surface area contributed by atoms with Gasteiger partial charge in [0.15, 0.2) is 0 Å². The molecule has 0 heterocycles. The van der Waals surface area contributed by atoms with Crippen molar-refractivity contribution in [3.05, 3.63) is 36.4 Å². The van der Waals surface area contributed by atoms with Crippen molar-refractivity contribution in [2.45, 2.75) is 38.1 Å². The second-order valence-electron chi connectivity index (χ2n) is 5.98. The number of hydrogen-bond acceptors (Lipinski definition) is 2. The molecule has 1 aromatic rings. The maximum absolute atomic E-state index is 11.8. The number of rotatable bonds is 7. The van der Waals surface area contributed by atoms with Crippen LogP contribution in [0.4, 0.5) is 10.5 Å². The third-order valence-corrected chi connectivity index (χ3v) is 4.33. The van der Waals surface area contributed by atoms with Crippen molar-refractivity contribution in [3.63, 3.8) is 0 Å². The highest BCUT2D eigenvalue weighted by atomic mass is 16.2. The topological polar surface area (TPSA) is 44.4 Å². The first-order chi connectivity index (χ1) is 10.7. The zero-order chi connectivity index (χ0) is 15.8. The van der Waals surface area contributed by atoms with E-state index in [4.69, 9.17) is 0 Å². The Morgan fingerprint density at radius 3 is 2.64 bits per heavy atom. The molecule has 0 spiro atoms. The summed E-state index contributed by atoms with van der Waals surface area (Å²) in [6.07, 6.45) is 8.14. The van der Waals surface area contributed by atoms with Crippen molar-refractivity contribution in [3.8, 4) is 0 Å². The number of anilines is 1. The molecule has 1 aromatic carbocycles. The van der Waals surface area contributed by atoms with Crippen LogP contribution in [0.25, 0.3) is 6.08 Å². The van der Waals surface area contributed by atoms with Gasteiger partial charge < -0.3 is 15.5 Å². The Kier molecular flexibility index (Phi) is 6.46. The fourth-order valence-corrected chi connectivity index (χ4v) is 2.94. The molecule has 22 heavy (non-hydrogen) atoms. The van der Waals surface area contributed by atoms with Gasteiger partial charge in [0.05, 0.1) is 0 Å². The largest absolute Gasteiger partial charge is 0.338 e. The molecule has 0 aromatic heterocycles. The minimum atomic E-state index is -0.144. The summed E-state index contributed by atoms with van der Waals surface area (Å²) in [4.78, 5) is 14.2. The molecule has 120 valence electrons. The van der Waals surface area contributed by atoms with E-state index in [9.17, 15) is 4.79 Å². The Morgan fingerprint density at radius 1 is 1.32 bits per heavy atom. The molecular formula is C18H27N3O. The minimum Gasteiger partial charge on any atom is -0.338 e. The minimum absolute atomic E-state index is 0.144. The summed E-state index contributed by atoms with van der Waals surface area (Å²) in [7, 11) is 2.19. The molecule has 2 amide bonds. The highest BCUT2D eigenvalue weighted by Gasteiger charge is 2.18. The quantitative estimate of drug-likeness (QED) is 0.754. The lowest BCUT2D eigenvalue weighted by Gasteiger charge is -2.23. The van der Waals surface area contributed by atoms with E-state index in [1.54, 1.807) is 6.08 Å². The van der Waals surface area contributed by atoms with E-state index in [2.05, 4.69) is 29.2 Å². The molecule has 0 bridgehead atoms. The maximum Gasteiger partial charge on any atom is 0.319 e. The van der Waals surface area contributed by atoms with Crippen LogP contribution >= 0.6 is 0 Å². The van der Waals surface area contributed by atoms with E-state index in [1.165, 1.54) is 25.7 Å². The summed E-state index contributed by atoms with van der Waals surface area (Å²) in [5.74, 6) is 0. The summed E-state index contributed by atoms with van der Waals surface area (Å²) in [6.45, 7) is 5.45. The first kappa shape index (κ1) is 16.6. The van der Waals surface area contributed by atoms with Gasteiger partial charge in [-0.25, -0.2) is 4.79 Å². The van der Waals surface area contributed by atoms with E-state index < -0.39 is 0 Å². The van der Waals surface area contributed by atoms with Gasteiger partial charge in [-0.05, 0) is 50.6 Å². The van der Waals surface area contributed by atoms with Crippen molar-refractivity contribution in [1.82, 2.24) is 10.2 Å². The van der Waals surface area contributed by atoms with Gasteiger partial charge in [-0.15, -0.1) is 0 Å². The number of amides is 2. The van der Waals surface area contributed by atoms with Crippen molar-refractivity contribution in [2.24, 2.45) is 0 Å². The average Bonchev–Trinajstić information content (AvgIpc) is 3.06. The van der Waals surface area contributed by atoms with E-state index in [-0.39, 0.29) is 6.03 Å². The van der Waals surface area contributed by atoms with Crippen LogP contribution < -0.4 is 10.6 Å². The van der Waals surface area contributed by atoms with E-state index in [1.807, 2.05) is 24.3 Å². The molecule has 2 N–H and O–H groups in total. The molecule has 2 rings (SSSR count). The zero-order valence-electron chi connectivity index (χ0n) is 13.5. The van der Waals surface area contributed by atoms with Gasteiger partial charge in [-0.1, -0.05) is 37.6 Å². The van der Waals surface area contributed by atoms with Gasteiger partial charge in [0, 0.05) is 18.3 Å². The Hall–Kier alpha value is -1.81. The normalized spacial score (nSPS) is 15.0. The molecule has 0 unspecified atom stereocenters. The molecule has 1 aliphatic carbocycles. The van der Waals surface area contributed by atoms with Crippen LogP contribution in [0.3, 0.4) is 0 Å². The Labute approximate surface area is 133 Å². The summed E-state index contributed by atoms with van der Waals surface area (Å²) < 4.78 is 0. The second kappa shape index (κ2) is 8.59. The van der Waals surface area contributed by atoms with Crippen molar-refractivity contribution >= 4 is 17.8 Å². The zero-order valence-corrected chi connectivity index (χ0v) is 13.5. The number of carbonyl (C=O) groups excluding carboxylic acids is 1. The monoisotopic (exact) mass is 301 g/mol. The van der Waals surface area contributed by atoms with Crippen LogP contribution in [0.5, 0.6) is 0 Å². The summed E-state index contributed by atoms with van der Waals surface area (Å²) in [5.41, 5.74) is 1.84. The molecule has 4 nitrogen and oxygen atoms in total. The summed E-state index contributed by atoms with van der Waals surface area (Å²) in [5, 5.41) is 5.75. The molecule has 0 radical (unpaired) electrons. The van der Waals surface area contributed by atoms with Crippen LogP contribution in [0.1, 0.15) is 37.7 Å². The summed E-state index contributed by atoms with van der Waals surface area (Å²) >= 11 is 0. The van der Waals surface area contributed by atoms with Crippen LogP contribution in [-0.2, 0) is 0 Å². The van der Waals surface area contributed by atoms with Gasteiger partial charge in [0.2, 0.25) is 0 Å². The Balaban J connectivity index is 1.61. The lowest BCUT2D eigenvalue weighted by molar-refractivity contribution is 0.237. The fourth-order valence-electron chi connectivity index (χ4n) is 2.94. The van der Waals surface area contributed by atoms with Crippen molar-refractivity contribution < 1.29 is 4.79 Å². The molecule has 1 saturated carbocycles. The van der Waals surface area contributed by atoms with Gasteiger partial charge in [0.25, 0.3) is 0 Å². The Morgan fingerprint density at radius 2 is 2.00 bits per heavy atom. The molecule has 1 aliphatic rings. The number of urea groups is 1. The maximum atomic E-state index is 11.8. The standard InChI is InChI=1S/C18H27N3O/c1-3-15-9-11-16(12-10-15)20-18(22)19-13-6-14-21(2)17-7-4-5-8-17/h3,9-12,17H,1,4-8,13-14H2,2H3,(H2,19,20,22). The third kappa shape index (κ3) is 5.19. The summed E-state index contributed by atoms with van der Waals surface area (Å²) in [6, 6.07) is 8.22. The van der Waals surface area contributed by atoms with Gasteiger partial charge in [0.1, 0.15) is 0 Å². The van der Waals surface area contributed by atoms with Gasteiger partial charge in [-0.2, -0.15) is 0 Å². The van der Waals surface area contributed by atoms with Crippen molar-refractivity contribution in [1.29, 1.82) is 0 Å². The number of carbonyl (C=O) groups is 1. The van der Waals surface area contributed by atoms with Crippen LogP contribution in [-0.4, -0.2) is 37.1 Å². The Bertz CT molecular complexity index is 478. The highest BCUT2D eigenvalue weighted by molar-refractivity contribution is 5.89. The molecule has 4 heteroatoms. The smallest absolute Gasteiger partial charge is 0.319 e. The van der Waals surface area contributed by atoms with Gasteiger partial charge in [-0.3, -0.25) is 0 Å².